The summed E-state index contributed by atoms with van der Waals surface area (Å²) in [5, 5.41) is 15.4. The van der Waals surface area contributed by atoms with Crippen molar-refractivity contribution < 1.29 is 0 Å². The number of fused-ring (bicyclic) bond motifs is 18. The largest absolute Gasteiger partial charge is 0.309 e. The Morgan fingerprint density at radius 1 is 0.115 bits per heavy atom. The van der Waals surface area contributed by atoms with Crippen LogP contribution in [0.2, 0.25) is 0 Å². The molecule has 0 atom stereocenters. The molecule has 0 N–H and O–H groups in total. The Balaban J connectivity index is 0.000000102. The summed E-state index contributed by atoms with van der Waals surface area (Å²) in [5.41, 5.74) is 21.8. The molecular weight excluding hydrogens is 1170 g/mol. The van der Waals surface area contributed by atoms with Crippen LogP contribution in [-0.2, 0) is 0 Å². The first-order valence-corrected chi connectivity index (χ1v) is 32.9. The maximum Gasteiger partial charge on any atom is 0.0702 e. The molecule has 450 valence electrons. The topological polar surface area (TPSA) is 29.6 Å². The van der Waals surface area contributed by atoms with Gasteiger partial charge in [0.25, 0.3) is 0 Å². The summed E-state index contributed by atoms with van der Waals surface area (Å²) in [6.45, 7) is 0. The maximum absolute atomic E-state index is 2.41. The van der Waals surface area contributed by atoms with Crippen LogP contribution in [0.1, 0.15) is 0 Å². The molecule has 21 aromatic rings. The van der Waals surface area contributed by atoms with E-state index in [4.69, 9.17) is 0 Å². The summed E-state index contributed by atoms with van der Waals surface area (Å²) < 4.78 is 14.3. The highest BCUT2D eigenvalue weighted by atomic mass is 15.1. The predicted molar refractivity (Wildman–Crippen MR) is 405 cm³/mol. The zero-order valence-corrected chi connectivity index (χ0v) is 52.3. The SMILES string of the molecule is c1cc(-n2c3ccccc3c3ccccc32)cc(-n2c3ccccc3c3ccccc32)c1.c1ccc(-n2c3ccccc3c3ccccc32)c(-n2c3ccccc3c3ccccc32)c1.c1ccc2c(c1)c1ccccc1n2-c1ccc(-n2c3ccccc3c3ccccc32)cc1. The fraction of sp³-hybridized carbons (Fsp3) is 0. The van der Waals surface area contributed by atoms with Crippen LogP contribution in [0, 0.1) is 0 Å². The molecule has 0 spiro atoms. The fourth-order valence-electron chi connectivity index (χ4n) is 15.5. The Hall–Kier alpha value is -12.9. The van der Waals surface area contributed by atoms with Crippen LogP contribution in [0.4, 0.5) is 0 Å². The van der Waals surface area contributed by atoms with Crippen LogP contribution in [0.3, 0.4) is 0 Å². The van der Waals surface area contributed by atoms with E-state index < -0.39 is 0 Å². The van der Waals surface area contributed by atoms with Crippen LogP contribution in [-0.4, -0.2) is 27.4 Å². The van der Waals surface area contributed by atoms with Gasteiger partial charge in [0.05, 0.1) is 77.6 Å². The first-order chi connectivity index (χ1) is 47.7. The first-order valence-electron chi connectivity index (χ1n) is 32.9. The van der Waals surface area contributed by atoms with E-state index in [9.17, 15) is 0 Å². The lowest BCUT2D eigenvalue weighted by atomic mass is 10.2. The highest BCUT2D eigenvalue weighted by Crippen LogP contribution is 2.41. The fourth-order valence-corrected chi connectivity index (χ4v) is 15.5. The highest BCUT2D eigenvalue weighted by Gasteiger charge is 2.21. The van der Waals surface area contributed by atoms with E-state index in [0.717, 1.165) is 0 Å². The van der Waals surface area contributed by atoms with E-state index in [-0.39, 0.29) is 0 Å². The van der Waals surface area contributed by atoms with E-state index in [2.05, 4.69) is 391 Å². The van der Waals surface area contributed by atoms with Crippen molar-refractivity contribution in [2.75, 3.05) is 0 Å². The second-order valence-corrected chi connectivity index (χ2v) is 24.7. The summed E-state index contributed by atoms with van der Waals surface area (Å²) in [6, 6.07) is 131. The van der Waals surface area contributed by atoms with Crippen LogP contribution in [0.5, 0.6) is 0 Å². The lowest BCUT2D eigenvalue weighted by Crippen LogP contribution is -2.03. The molecule has 21 rings (SSSR count). The van der Waals surface area contributed by atoms with Gasteiger partial charge in [-0.15, -0.1) is 0 Å². The molecule has 0 radical (unpaired) electrons. The average Bonchev–Trinajstić information content (AvgIpc) is 1.59. The van der Waals surface area contributed by atoms with Gasteiger partial charge in [-0.2, -0.15) is 0 Å². The Kier molecular flexibility index (Phi) is 12.8. The summed E-state index contributed by atoms with van der Waals surface area (Å²) in [6.07, 6.45) is 0. The molecular formula is C90H60N6. The van der Waals surface area contributed by atoms with Crippen molar-refractivity contribution >= 4 is 131 Å². The van der Waals surface area contributed by atoms with Gasteiger partial charge in [0.1, 0.15) is 0 Å². The standard InChI is InChI=1S/3C30H20N2/c1-5-16-27-23(12-1)24-13-2-6-17-28(24)31(27)21-10-9-11-22(20-21)32-29-18-7-3-14-25(29)26-15-4-8-19-30(26)32;1-5-15-25-21(11-1)22-12-2-6-16-26(22)31(25)29-19-9-10-20-30(29)32-27-17-7-3-13-23(27)24-14-4-8-18-28(24)32;1-5-13-27-23(9-1)24-10-2-6-14-28(24)31(27)21-17-19-22(20-18-21)32-29-15-7-3-11-25(29)26-12-4-8-16-30(26)32/h3*1-20H. The molecule has 96 heavy (non-hydrogen) atoms. The minimum absolute atomic E-state index is 1.17. The molecule has 0 saturated heterocycles. The normalized spacial score (nSPS) is 11.8. The predicted octanol–water partition coefficient (Wildman–Crippen LogP) is 23.6. The van der Waals surface area contributed by atoms with Crippen molar-refractivity contribution in [1.29, 1.82) is 0 Å². The van der Waals surface area contributed by atoms with Gasteiger partial charge >= 0.3 is 0 Å². The number of para-hydroxylation sites is 14. The van der Waals surface area contributed by atoms with Crippen LogP contribution in [0.25, 0.3) is 165 Å². The Morgan fingerprint density at radius 2 is 0.271 bits per heavy atom. The Labute approximate surface area is 553 Å². The van der Waals surface area contributed by atoms with Gasteiger partial charge in [0.15, 0.2) is 0 Å². The van der Waals surface area contributed by atoms with E-state index in [1.54, 1.807) is 0 Å². The third kappa shape index (κ3) is 8.59. The highest BCUT2D eigenvalue weighted by molar-refractivity contribution is 6.14. The van der Waals surface area contributed by atoms with Crippen LogP contribution in [0.15, 0.2) is 364 Å². The summed E-state index contributed by atoms with van der Waals surface area (Å²) >= 11 is 0. The number of hydrogen-bond donors (Lipinski definition) is 0. The minimum Gasteiger partial charge on any atom is -0.309 e. The van der Waals surface area contributed by atoms with Gasteiger partial charge in [0.2, 0.25) is 0 Å². The number of benzene rings is 15. The molecule has 6 nitrogen and oxygen atoms in total. The molecule has 15 aromatic carbocycles. The van der Waals surface area contributed by atoms with Gasteiger partial charge in [0, 0.05) is 87.4 Å². The molecule has 6 heterocycles. The van der Waals surface area contributed by atoms with Gasteiger partial charge in [-0.1, -0.05) is 237 Å². The zero-order valence-electron chi connectivity index (χ0n) is 52.3. The summed E-state index contributed by atoms with van der Waals surface area (Å²) in [7, 11) is 0. The molecule has 0 bridgehead atoms. The molecule has 0 fully saturated rings. The van der Waals surface area contributed by atoms with Crippen molar-refractivity contribution in [3.8, 4) is 34.1 Å². The van der Waals surface area contributed by atoms with Crippen LogP contribution < -0.4 is 0 Å². The number of rotatable bonds is 6. The smallest absolute Gasteiger partial charge is 0.0702 e. The molecule has 0 aliphatic rings. The zero-order chi connectivity index (χ0) is 63.2. The Morgan fingerprint density at radius 3 is 0.469 bits per heavy atom. The quantitative estimate of drug-likeness (QED) is 0.159. The van der Waals surface area contributed by atoms with E-state index in [1.165, 1.54) is 165 Å². The molecule has 0 aliphatic carbocycles. The lowest BCUT2D eigenvalue weighted by Gasteiger charge is -2.16. The molecule has 0 unspecified atom stereocenters. The second-order valence-electron chi connectivity index (χ2n) is 24.7. The van der Waals surface area contributed by atoms with Gasteiger partial charge in [-0.05, 0) is 127 Å². The van der Waals surface area contributed by atoms with Crippen molar-refractivity contribution in [3.63, 3.8) is 0 Å². The van der Waals surface area contributed by atoms with Crippen molar-refractivity contribution in [2.24, 2.45) is 0 Å². The number of nitrogens with zero attached hydrogens (tertiary/aromatic N) is 6. The summed E-state index contributed by atoms with van der Waals surface area (Å²) in [4.78, 5) is 0. The first kappa shape index (κ1) is 54.8. The molecule has 6 heteroatoms. The molecule has 0 saturated carbocycles. The molecule has 0 amide bonds. The van der Waals surface area contributed by atoms with Gasteiger partial charge in [-0.3, -0.25) is 0 Å². The number of hydrogen-bond acceptors (Lipinski definition) is 0. The van der Waals surface area contributed by atoms with Crippen molar-refractivity contribution in [2.45, 2.75) is 0 Å². The lowest BCUT2D eigenvalue weighted by molar-refractivity contribution is 1.10. The third-order valence-electron chi connectivity index (χ3n) is 19.6. The van der Waals surface area contributed by atoms with Crippen molar-refractivity contribution in [1.82, 2.24) is 27.4 Å². The van der Waals surface area contributed by atoms with E-state index in [0.29, 0.717) is 0 Å². The monoisotopic (exact) mass is 1220 g/mol. The van der Waals surface area contributed by atoms with Crippen LogP contribution >= 0.6 is 0 Å². The maximum atomic E-state index is 2.41. The van der Waals surface area contributed by atoms with E-state index in [1.807, 2.05) is 0 Å². The van der Waals surface area contributed by atoms with Gasteiger partial charge in [-0.25, -0.2) is 0 Å². The van der Waals surface area contributed by atoms with Gasteiger partial charge < -0.3 is 27.4 Å². The average molecular weight is 1230 g/mol. The summed E-state index contributed by atoms with van der Waals surface area (Å²) in [5.74, 6) is 0. The molecule has 6 aromatic heterocycles. The third-order valence-corrected chi connectivity index (χ3v) is 19.6. The second kappa shape index (κ2) is 22.4. The Bertz CT molecular complexity index is 5880. The van der Waals surface area contributed by atoms with E-state index >= 15 is 0 Å². The molecule has 0 aliphatic heterocycles. The van der Waals surface area contributed by atoms with Crippen molar-refractivity contribution in [3.05, 3.63) is 364 Å². The minimum atomic E-state index is 1.17. The number of aromatic nitrogens is 6.